The molecule has 226 valence electrons. The average molecular weight is 641 g/mol. The highest BCUT2D eigenvalue weighted by Gasteiger charge is 2.20. The first kappa shape index (κ1) is 28.6. The molecule has 0 spiro atoms. The lowest BCUT2D eigenvalue weighted by molar-refractivity contribution is 1.31. The SMILES string of the molecule is [C-]#[N+]c1ccnc(-c2cccc(-c3c4ccccc4c(-c4cccc(-c5cc(C#N)ccn5)c4)c4cc5sc6ccccc6c5cc34)c2)c1. The van der Waals surface area contributed by atoms with Gasteiger partial charge in [-0.25, -0.2) is 4.85 Å². The maximum absolute atomic E-state index is 9.55. The summed E-state index contributed by atoms with van der Waals surface area (Å²) in [6.07, 6.45) is 3.40. The minimum Gasteiger partial charge on any atom is -0.259 e. The summed E-state index contributed by atoms with van der Waals surface area (Å²) in [5.41, 5.74) is 9.12. The zero-order chi connectivity index (χ0) is 32.9. The van der Waals surface area contributed by atoms with Gasteiger partial charge in [0, 0.05) is 38.1 Å². The smallest absolute Gasteiger partial charge is 0.190 e. The Balaban J connectivity index is 1.38. The summed E-state index contributed by atoms with van der Waals surface area (Å²) in [7, 11) is 0. The van der Waals surface area contributed by atoms with Gasteiger partial charge in [0.2, 0.25) is 0 Å². The van der Waals surface area contributed by atoms with Gasteiger partial charge in [-0.05, 0) is 104 Å². The first-order valence-electron chi connectivity index (χ1n) is 15.9. The molecule has 0 unspecified atom stereocenters. The van der Waals surface area contributed by atoms with Crippen LogP contribution in [0.25, 0.3) is 91.3 Å². The molecule has 5 heteroatoms. The van der Waals surface area contributed by atoms with E-state index >= 15 is 0 Å². The second-order valence-electron chi connectivity index (χ2n) is 12.0. The third kappa shape index (κ3) is 4.81. The largest absolute Gasteiger partial charge is 0.259 e. The van der Waals surface area contributed by atoms with E-state index in [1.165, 1.54) is 30.9 Å². The van der Waals surface area contributed by atoms with Crippen LogP contribution in [0.4, 0.5) is 5.69 Å². The Labute approximate surface area is 286 Å². The minimum absolute atomic E-state index is 0.569. The first-order chi connectivity index (χ1) is 24.2. The number of fused-ring (bicyclic) bond motifs is 5. The summed E-state index contributed by atoms with van der Waals surface area (Å²) in [5, 5.41) is 16.7. The molecule has 0 aliphatic heterocycles. The first-order valence-corrected chi connectivity index (χ1v) is 16.7. The lowest BCUT2D eigenvalue weighted by Crippen LogP contribution is -1.92. The van der Waals surface area contributed by atoms with Crippen molar-refractivity contribution < 1.29 is 0 Å². The molecule has 0 fully saturated rings. The molecular weight excluding hydrogens is 617 g/mol. The summed E-state index contributed by atoms with van der Waals surface area (Å²) < 4.78 is 2.50. The van der Waals surface area contributed by atoms with Gasteiger partial charge in [0.1, 0.15) is 0 Å². The van der Waals surface area contributed by atoms with Crippen molar-refractivity contribution in [2.45, 2.75) is 0 Å². The number of pyridine rings is 2. The molecule has 49 heavy (non-hydrogen) atoms. The van der Waals surface area contributed by atoms with Crippen molar-refractivity contribution in [3.63, 3.8) is 0 Å². The maximum Gasteiger partial charge on any atom is 0.190 e. The Morgan fingerprint density at radius 3 is 1.78 bits per heavy atom. The van der Waals surface area contributed by atoms with E-state index in [-0.39, 0.29) is 0 Å². The van der Waals surface area contributed by atoms with Gasteiger partial charge in [0.15, 0.2) is 5.69 Å². The molecule has 0 radical (unpaired) electrons. The van der Waals surface area contributed by atoms with Crippen LogP contribution in [0.3, 0.4) is 0 Å². The fraction of sp³-hybridized carbons (Fsp3) is 0. The van der Waals surface area contributed by atoms with Crippen LogP contribution in [0.2, 0.25) is 0 Å². The number of thiophene rings is 1. The lowest BCUT2D eigenvalue weighted by atomic mass is 9.84. The van der Waals surface area contributed by atoms with Gasteiger partial charge in [-0.2, -0.15) is 5.26 Å². The van der Waals surface area contributed by atoms with Crippen LogP contribution in [-0.2, 0) is 0 Å². The minimum atomic E-state index is 0.569. The molecule has 0 saturated heterocycles. The van der Waals surface area contributed by atoms with Gasteiger partial charge in [0.25, 0.3) is 0 Å². The predicted molar refractivity (Wildman–Crippen MR) is 203 cm³/mol. The third-order valence-electron chi connectivity index (χ3n) is 9.18. The van der Waals surface area contributed by atoms with E-state index in [9.17, 15) is 5.26 Å². The maximum atomic E-state index is 9.55. The number of nitriles is 1. The van der Waals surface area contributed by atoms with Crippen molar-refractivity contribution in [1.82, 2.24) is 9.97 Å². The topological polar surface area (TPSA) is 53.9 Å². The summed E-state index contributed by atoms with van der Waals surface area (Å²) in [6.45, 7) is 7.52. The number of hydrogen-bond donors (Lipinski definition) is 0. The highest BCUT2D eigenvalue weighted by atomic mass is 32.1. The van der Waals surface area contributed by atoms with E-state index in [1.807, 2.05) is 23.5 Å². The number of nitrogens with zero attached hydrogens (tertiary/aromatic N) is 4. The summed E-state index contributed by atoms with van der Waals surface area (Å²) in [4.78, 5) is 12.9. The van der Waals surface area contributed by atoms with Crippen LogP contribution in [-0.4, -0.2) is 9.97 Å². The molecule has 0 aliphatic rings. The summed E-state index contributed by atoms with van der Waals surface area (Å²) in [5.74, 6) is 0. The molecule has 0 saturated carbocycles. The highest BCUT2D eigenvalue weighted by molar-refractivity contribution is 7.25. The van der Waals surface area contributed by atoms with Crippen LogP contribution < -0.4 is 0 Å². The number of aromatic nitrogens is 2. The Hall–Kier alpha value is -6.66. The molecule has 9 rings (SSSR count). The van der Waals surface area contributed by atoms with Crippen molar-refractivity contribution in [3.05, 3.63) is 163 Å². The number of rotatable bonds is 4. The zero-order valence-electron chi connectivity index (χ0n) is 26.1. The summed E-state index contributed by atoms with van der Waals surface area (Å²) in [6, 6.07) is 48.4. The van der Waals surface area contributed by atoms with Crippen molar-refractivity contribution in [2.75, 3.05) is 0 Å². The number of benzene rings is 6. The van der Waals surface area contributed by atoms with Gasteiger partial charge in [0.05, 0.1) is 29.6 Å². The van der Waals surface area contributed by atoms with Crippen LogP contribution in [0, 0.1) is 17.9 Å². The second kappa shape index (κ2) is 11.5. The molecule has 6 aromatic carbocycles. The van der Waals surface area contributed by atoms with Crippen molar-refractivity contribution in [1.29, 1.82) is 5.26 Å². The highest BCUT2D eigenvalue weighted by Crippen LogP contribution is 2.47. The standard InChI is InChI=1S/C44H24N4S/c1-46-32-17-19-48-40(23-32)29-9-7-10-30(22-29)43-34-13-2-3-14-35(34)44(31-11-6-8-28(21-31)39-20-27(26-45)16-18-47-39)38-25-42-36(24-37(38)43)33-12-4-5-15-41(33)49-42/h2-25H. The van der Waals surface area contributed by atoms with E-state index in [0.717, 1.165) is 55.5 Å². The van der Waals surface area contributed by atoms with Crippen molar-refractivity contribution in [3.8, 4) is 50.8 Å². The Morgan fingerprint density at radius 1 is 0.510 bits per heavy atom. The van der Waals surface area contributed by atoms with E-state index in [4.69, 9.17) is 6.57 Å². The van der Waals surface area contributed by atoms with Crippen LogP contribution >= 0.6 is 11.3 Å². The molecule has 9 aromatic rings. The van der Waals surface area contributed by atoms with Gasteiger partial charge < -0.3 is 0 Å². The molecule has 4 nitrogen and oxygen atoms in total. The Bertz CT molecular complexity index is 2870. The fourth-order valence-electron chi connectivity index (χ4n) is 6.99. The monoisotopic (exact) mass is 640 g/mol. The van der Waals surface area contributed by atoms with Crippen LogP contribution in [0.5, 0.6) is 0 Å². The van der Waals surface area contributed by atoms with Gasteiger partial charge in [-0.3, -0.25) is 9.97 Å². The predicted octanol–water partition coefficient (Wildman–Crippen LogP) is 12.2. The second-order valence-corrected chi connectivity index (χ2v) is 13.1. The van der Waals surface area contributed by atoms with Crippen LogP contribution in [0.1, 0.15) is 5.56 Å². The van der Waals surface area contributed by atoms with E-state index in [2.05, 4.69) is 130 Å². The molecule has 0 atom stereocenters. The summed E-state index contributed by atoms with van der Waals surface area (Å²) >= 11 is 1.82. The fourth-order valence-corrected chi connectivity index (χ4v) is 8.12. The third-order valence-corrected chi connectivity index (χ3v) is 10.3. The zero-order valence-corrected chi connectivity index (χ0v) is 26.9. The van der Waals surface area contributed by atoms with Crippen LogP contribution in [0.15, 0.2) is 146 Å². The van der Waals surface area contributed by atoms with Gasteiger partial charge in [-0.15, -0.1) is 11.3 Å². The van der Waals surface area contributed by atoms with Gasteiger partial charge in [-0.1, -0.05) is 78.9 Å². The van der Waals surface area contributed by atoms with E-state index in [1.54, 1.807) is 24.5 Å². The molecule has 0 amide bonds. The quantitative estimate of drug-likeness (QED) is 0.142. The Morgan fingerprint density at radius 2 is 1.10 bits per heavy atom. The average Bonchev–Trinajstić information content (AvgIpc) is 3.53. The van der Waals surface area contributed by atoms with Crippen molar-refractivity contribution in [2.24, 2.45) is 0 Å². The van der Waals surface area contributed by atoms with E-state index in [0.29, 0.717) is 11.3 Å². The molecule has 3 heterocycles. The molecule has 0 N–H and O–H groups in total. The molecule has 0 bridgehead atoms. The van der Waals surface area contributed by atoms with Crippen molar-refractivity contribution >= 4 is 58.7 Å². The number of hydrogen-bond acceptors (Lipinski definition) is 4. The Kier molecular flexibility index (Phi) is 6.73. The van der Waals surface area contributed by atoms with E-state index < -0.39 is 0 Å². The molecule has 3 aromatic heterocycles. The van der Waals surface area contributed by atoms with Gasteiger partial charge >= 0.3 is 0 Å². The normalized spacial score (nSPS) is 11.2. The molecular formula is C44H24N4S. The molecule has 0 aliphatic carbocycles. The lowest BCUT2D eigenvalue weighted by Gasteiger charge is -2.19.